The normalized spacial score (nSPS) is 14.3. The molecule has 0 saturated heterocycles. The lowest BCUT2D eigenvalue weighted by Crippen LogP contribution is -1.86. The first-order chi connectivity index (χ1) is 4.81. The van der Waals surface area contributed by atoms with Gasteiger partial charge in [0.2, 0.25) is 0 Å². The van der Waals surface area contributed by atoms with Crippen LogP contribution in [0.5, 0.6) is 0 Å². The van der Waals surface area contributed by atoms with E-state index in [1.54, 1.807) is 0 Å². The fraction of sp³-hybridized carbons (Fsp3) is 0.700. The van der Waals surface area contributed by atoms with Crippen LogP contribution in [-0.4, -0.2) is 0 Å². The Kier molecular flexibility index (Phi) is 6.68. The van der Waals surface area contributed by atoms with Crippen molar-refractivity contribution in [2.75, 3.05) is 0 Å². The van der Waals surface area contributed by atoms with E-state index in [-0.39, 0.29) is 0 Å². The molecule has 0 N–H and O–H groups in total. The lowest BCUT2D eigenvalue weighted by Gasteiger charge is -2.01. The Hall–Kier alpha value is -0.260. The summed E-state index contributed by atoms with van der Waals surface area (Å²) in [5.41, 5.74) is 0. The van der Waals surface area contributed by atoms with Gasteiger partial charge in [-0.05, 0) is 18.8 Å². The van der Waals surface area contributed by atoms with E-state index in [1.807, 2.05) is 0 Å². The van der Waals surface area contributed by atoms with E-state index in [2.05, 4.69) is 32.9 Å². The van der Waals surface area contributed by atoms with Crippen molar-refractivity contribution in [3.63, 3.8) is 0 Å². The molecule has 0 amide bonds. The molecule has 0 bridgehead atoms. The van der Waals surface area contributed by atoms with Crippen LogP contribution in [0.3, 0.4) is 0 Å². The van der Waals surface area contributed by atoms with Crippen molar-refractivity contribution in [2.45, 2.75) is 39.5 Å². The first kappa shape index (κ1) is 9.74. The highest BCUT2D eigenvalue weighted by atomic mass is 14.0. The number of unbranched alkanes of at least 4 members (excludes halogenated alkanes) is 1. The highest BCUT2D eigenvalue weighted by molar-refractivity contribution is 4.85. The van der Waals surface area contributed by atoms with Crippen LogP contribution in [0.15, 0.2) is 12.2 Å². The first-order valence-corrected chi connectivity index (χ1v) is 4.27. The van der Waals surface area contributed by atoms with Crippen molar-refractivity contribution in [1.29, 1.82) is 0 Å². The maximum atomic E-state index is 3.82. The number of hydrogen-bond donors (Lipinski definition) is 0. The van der Waals surface area contributed by atoms with Crippen LogP contribution >= 0.6 is 0 Å². The molecule has 0 aromatic rings. The van der Waals surface area contributed by atoms with Crippen molar-refractivity contribution in [3.05, 3.63) is 19.1 Å². The van der Waals surface area contributed by atoms with Gasteiger partial charge in [-0.2, -0.15) is 0 Å². The van der Waals surface area contributed by atoms with Crippen LogP contribution in [0.4, 0.5) is 0 Å². The van der Waals surface area contributed by atoms with Crippen LogP contribution in [-0.2, 0) is 0 Å². The van der Waals surface area contributed by atoms with Crippen LogP contribution in [0.2, 0.25) is 0 Å². The third-order valence-electron chi connectivity index (χ3n) is 1.58. The van der Waals surface area contributed by atoms with Crippen molar-refractivity contribution >= 4 is 0 Å². The predicted molar refractivity (Wildman–Crippen MR) is 47.8 cm³/mol. The Labute approximate surface area is 65.3 Å². The zero-order valence-electron chi connectivity index (χ0n) is 7.27. The van der Waals surface area contributed by atoms with Gasteiger partial charge in [0.15, 0.2) is 0 Å². The summed E-state index contributed by atoms with van der Waals surface area (Å²) in [6.45, 7) is 8.27. The van der Waals surface area contributed by atoms with Gasteiger partial charge < -0.3 is 0 Å². The lowest BCUT2D eigenvalue weighted by atomic mass is 10.1. The van der Waals surface area contributed by atoms with Crippen LogP contribution in [0.25, 0.3) is 0 Å². The average Bonchev–Trinajstić information content (AvgIpc) is 1.89. The summed E-state index contributed by atoms with van der Waals surface area (Å²) in [4.78, 5) is 0. The second kappa shape index (κ2) is 6.85. The standard InChI is InChI=1S/C10H19/c1-4-6-7-9-10(3)8-5-2/h7,9-10H,2,4-6,8H2,1,3H3/b9-7+. The Morgan fingerprint density at radius 1 is 1.50 bits per heavy atom. The van der Waals surface area contributed by atoms with Gasteiger partial charge in [-0.25, -0.2) is 0 Å². The van der Waals surface area contributed by atoms with Crippen molar-refractivity contribution in [1.82, 2.24) is 0 Å². The molecule has 0 aliphatic heterocycles. The summed E-state index contributed by atoms with van der Waals surface area (Å²) in [5.74, 6) is 0.726. The first-order valence-electron chi connectivity index (χ1n) is 4.27. The van der Waals surface area contributed by atoms with Gasteiger partial charge in [0, 0.05) is 0 Å². The van der Waals surface area contributed by atoms with Crippen LogP contribution in [0, 0.1) is 12.8 Å². The molecular weight excluding hydrogens is 120 g/mol. The minimum atomic E-state index is 0.726. The molecule has 0 aromatic carbocycles. The van der Waals surface area contributed by atoms with Crippen LogP contribution in [0.1, 0.15) is 39.5 Å². The maximum absolute atomic E-state index is 3.82. The minimum absolute atomic E-state index is 0.726. The fourth-order valence-corrected chi connectivity index (χ4v) is 0.913. The highest BCUT2D eigenvalue weighted by Crippen LogP contribution is 2.06. The molecule has 59 valence electrons. The van der Waals surface area contributed by atoms with Gasteiger partial charge in [0.25, 0.3) is 0 Å². The Bertz CT molecular complexity index is 82.0. The Morgan fingerprint density at radius 3 is 2.70 bits per heavy atom. The quantitative estimate of drug-likeness (QED) is 0.510. The summed E-state index contributed by atoms with van der Waals surface area (Å²) in [7, 11) is 0. The molecule has 0 saturated carbocycles. The van der Waals surface area contributed by atoms with Crippen molar-refractivity contribution in [2.24, 2.45) is 5.92 Å². The Morgan fingerprint density at radius 2 is 2.20 bits per heavy atom. The molecular formula is C10H19. The molecule has 1 unspecified atom stereocenters. The summed E-state index contributed by atoms with van der Waals surface area (Å²) < 4.78 is 0. The van der Waals surface area contributed by atoms with Gasteiger partial charge in [0.05, 0.1) is 0 Å². The molecule has 0 heterocycles. The van der Waals surface area contributed by atoms with E-state index < -0.39 is 0 Å². The topological polar surface area (TPSA) is 0 Å². The van der Waals surface area contributed by atoms with E-state index in [0.717, 1.165) is 12.3 Å². The summed E-state index contributed by atoms with van der Waals surface area (Å²) >= 11 is 0. The van der Waals surface area contributed by atoms with E-state index in [4.69, 9.17) is 0 Å². The van der Waals surface area contributed by atoms with Gasteiger partial charge in [-0.1, -0.05) is 45.8 Å². The molecule has 0 aromatic heterocycles. The van der Waals surface area contributed by atoms with E-state index >= 15 is 0 Å². The third kappa shape index (κ3) is 5.87. The zero-order chi connectivity index (χ0) is 7.82. The van der Waals surface area contributed by atoms with Gasteiger partial charge >= 0.3 is 0 Å². The lowest BCUT2D eigenvalue weighted by molar-refractivity contribution is 0.653. The SMILES string of the molecule is [CH2]CCC(C)/C=C/CCC. The summed E-state index contributed by atoms with van der Waals surface area (Å²) in [6, 6.07) is 0. The maximum Gasteiger partial charge on any atom is -0.0262 e. The molecule has 0 nitrogen and oxygen atoms in total. The van der Waals surface area contributed by atoms with Gasteiger partial charge in [0.1, 0.15) is 0 Å². The van der Waals surface area contributed by atoms with Crippen molar-refractivity contribution < 1.29 is 0 Å². The summed E-state index contributed by atoms with van der Waals surface area (Å²) in [6.07, 6.45) is 9.34. The van der Waals surface area contributed by atoms with E-state index in [9.17, 15) is 0 Å². The van der Waals surface area contributed by atoms with Gasteiger partial charge in [-0.3, -0.25) is 0 Å². The van der Waals surface area contributed by atoms with E-state index in [1.165, 1.54) is 19.3 Å². The van der Waals surface area contributed by atoms with Crippen molar-refractivity contribution in [3.8, 4) is 0 Å². The monoisotopic (exact) mass is 139 g/mol. The molecule has 10 heavy (non-hydrogen) atoms. The second-order valence-electron chi connectivity index (χ2n) is 2.84. The molecule has 0 aliphatic rings. The molecule has 0 fully saturated rings. The van der Waals surface area contributed by atoms with E-state index in [0.29, 0.717) is 0 Å². The Balaban J connectivity index is 3.26. The molecule has 0 aliphatic carbocycles. The molecule has 0 spiro atoms. The molecule has 0 heteroatoms. The number of rotatable bonds is 5. The van der Waals surface area contributed by atoms with Crippen LogP contribution < -0.4 is 0 Å². The number of allylic oxidation sites excluding steroid dienone is 2. The third-order valence-corrected chi connectivity index (χ3v) is 1.58. The molecule has 1 atom stereocenters. The predicted octanol–water partition coefficient (Wildman–Crippen LogP) is 3.59. The summed E-state index contributed by atoms with van der Waals surface area (Å²) in [5, 5.41) is 0. The smallest absolute Gasteiger partial charge is 0.0262 e. The second-order valence-corrected chi connectivity index (χ2v) is 2.84. The minimum Gasteiger partial charge on any atom is -0.0883 e. The number of hydrogen-bond acceptors (Lipinski definition) is 0. The largest absolute Gasteiger partial charge is 0.0883 e. The highest BCUT2D eigenvalue weighted by Gasteiger charge is 1.91. The molecule has 0 rings (SSSR count). The zero-order valence-corrected chi connectivity index (χ0v) is 7.27. The fourth-order valence-electron chi connectivity index (χ4n) is 0.913. The van der Waals surface area contributed by atoms with Gasteiger partial charge in [-0.15, -0.1) is 0 Å². The average molecular weight is 139 g/mol. The molecule has 1 radical (unpaired) electrons.